The van der Waals surface area contributed by atoms with Crippen molar-refractivity contribution in [2.24, 2.45) is 4.99 Å². The lowest BCUT2D eigenvalue weighted by Crippen LogP contribution is -3.13. The number of amides is 1. The number of carbonyl (C=O) groups excluding carboxylic acids is 1. The van der Waals surface area contributed by atoms with Crippen LogP contribution in [0.25, 0.3) is 0 Å². The molecule has 0 saturated carbocycles. The Kier molecular flexibility index (Phi) is 6.84. The van der Waals surface area contributed by atoms with E-state index in [2.05, 4.69) is 15.0 Å². The van der Waals surface area contributed by atoms with Crippen molar-refractivity contribution >= 4 is 27.5 Å². The Balaban J connectivity index is 1.60. The first-order chi connectivity index (χ1) is 13.0. The number of nitrogens with one attached hydrogen (secondary N) is 3. The topological polar surface area (TPSA) is 92.1 Å². The highest BCUT2D eigenvalue weighted by molar-refractivity contribution is 7.90. The summed E-state index contributed by atoms with van der Waals surface area (Å²) in [6.45, 7) is 3.13. The maximum absolute atomic E-state index is 12.5. The van der Waals surface area contributed by atoms with Gasteiger partial charge < -0.3 is 10.2 Å². The molecule has 2 heterocycles. The molecule has 0 atom stereocenters. The number of sulfonamides is 1. The van der Waals surface area contributed by atoms with Crippen molar-refractivity contribution in [1.82, 2.24) is 4.72 Å². The molecule has 0 aromatic heterocycles. The smallest absolute Gasteiger partial charge is 0.279 e. The Bertz CT molecular complexity index is 784. The predicted molar refractivity (Wildman–Crippen MR) is 106 cm³/mol. The molecule has 3 N–H and O–H groups in total. The van der Waals surface area contributed by atoms with Gasteiger partial charge in [-0.3, -0.25) is 14.5 Å². The molecule has 0 aliphatic carbocycles. The molecule has 27 heavy (non-hydrogen) atoms. The van der Waals surface area contributed by atoms with E-state index >= 15 is 0 Å². The number of likely N-dealkylation sites (tertiary alicyclic amines) is 1. The second kappa shape index (κ2) is 9.32. The average molecular weight is 394 g/mol. The van der Waals surface area contributed by atoms with Gasteiger partial charge in [0.05, 0.1) is 18.0 Å². The minimum absolute atomic E-state index is 0.0757. The fourth-order valence-corrected chi connectivity index (χ4v) is 4.73. The molecule has 8 heteroatoms. The van der Waals surface area contributed by atoms with E-state index in [1.807, 2.05) is 0 Å². The Morgan fingerprint density at radius 1 is 1.07 bits per heavy atom. The van der Waals surface area contributed by atoms with Gasteiger partial charge in [-0.15, -0.1) is 0 Å². The van der Waals surface area contributed by atoms with E-state index in [1.165, 1.54) is 36.3 Å². The summed E-state index contributed by atoms with van der Waals surface area (Å²) in [5, 5.41) is 2.85. The monoisotopic (exact) mass is 393 g/mol. The zero-order valence-electron chi connectivity index (χ0n) is 15.7. The summed E-state index contributed by atoms with van der Waals surface area (Å²) < 4.78 is 27.5. The van der Waals surface area contributed by atoms with Crippen molar-refractivity contribution < 1.29 is 18.1 Å². The van der Waals surface area contributed by atoms with Gasteiger partial charge in [0.15, 0.2) is 6.54 Å². The first kappa shape index (κ1) is 19.8. The second-order valence-electron chi connectivity index (χ2n) is 7.31. The first-order valence-corrected chi connectivity index (χ1v) is 11.3. The number of rotatable bonds is 5. The molecule has 1 aromatic carbocycles. The van der Waals surface area contributed by atoms with Gasteiger partial charge in [0.2, 0.25) is 0 Å². The summed E-state index contributed by atoms with van der Waals surface area (Å²) in [5.41, 5.74) is 0.502. The minimum atomic E-state index is -3.68. The van der Waals surface area contributed by atoms with Crippen LogP contribution in [0.15, 0.2) is 34.2 Å². The van der Waals surface area contributed by atoms with E-state index in [9.17, 15) is 13.2 Å². The molecule has 3 rings (SSSR count). The summed E-state index contributed by atoms with van der Waals surface area (Å²) in [6, 6.07) is 6.38. The van der Waals surface area contributed by atoms with Gasteiger partial charge in [-0.25, -0.2) is 8.42 Å². The number of benzene rings is 1. The van der Waals surface area contributed by atoms with E-state index in [4.69, 9.17) is 0 Å². The highest BCUT2D eigenvalue weighted by Gasteiger charge is 2.20. The summed E-state index contributed by atoms with van der Waals surface area (Å²) in [6.07, 6.45) is 7.60. The summed E-state index contributed by atoms with van der Waals surface area (Å²) in [7, 11) is -3.68. The Morgan fingerprint density at radius 2 is 1.81 bits per heavy atom. The van der Waals surface area contributed by atoms with Gasteiger partial charge in [0.1, 0.15) is 5.84 Å². The summed E-state index contributed by atoms with van der Waals surface area (Å²) in [4.78, 5) is 18.0. The van der Waals surface area contributed by atoms with Crippen molar-refractivity contribution in [3.8, 4) is 0 Å². The van der Waals surface area contributed by atoms with E-state index in [-0.39, 0.29) is 10.8 Å². The van der Waals surface area contributed by atoms with Crippen LogP contribution in [-0.2, 0) is 14.8 Å². The average Bonchev–Trinajstić information content (AvgIpc) is 3.10. The molecular weight excluding hydrogens is 364 g/mol. The molecule has 0 spiro atoms. The van der Waals surface area contributed by atoms with Crippen LogP contribution in [0, 0.1) is 0 Å². The van der Waals surface area contributed by atoms with Crippen molar-refractivity contribution in [3.63, 3.8) is 0 Å². The lowest BCUT2D eigenvalue weighted by atomic mass is 10.1. The number of hydrogen-bond donors (Lipinski definition) is 3. The largest absolute Gasteiger partial charge is 0.327 e. The number of hydrogen-bond acceptors (Lipinski definition) is 4. The van der Waals surface area contributed by atoms with Crippen LogP contribution in [0.2, 0.25) is 0 Å². The second-order valence-corrected chi connectivity index (χ2v) is 8.99. The van der Waals surface area contributed by atoms with E-state index in [1.54, 1.807) is 12.1 Å². The molecule has 1 aromatic rings. The van der Waals surface area contributed by atoms with Gasteiger partial charge >= 0.3 is 0 Å². The number of nitrogens with zero attached hydrogens (tertiary/aromatic N) is 1. The lowest BCUT2D eigenvalue weighted by Gasteiger charge is -2.21. The molecular formula is C19H29N4O3S+. The van der Waals surface area contributed by atoms with Crippen LogP contribution in [-0.4, -0.2) is 46.3 Å². The quantitative estimate of drug-likeness (QED) is 0.695. The fraction of sp³-hybridized carbons (Fsp3) is 0.579. The number of carbonyl (C=O) groups is 1. The van der Waals surface area contributed by atoms with Crippen LogP contribution < -0.4 is 14.9 Å². The number of quaternary nitrogens is 1. The van der Waals surface area contributed by atoms with Crippen molar-refractivity contribution in [2.45, 2.75) is 49.8 Å². The number of anilines is 1. The Labute approximate surface area is 161 Å². The molecule has 2 aliphatic heterocycles. The number of aliphatic imine (C=N–C) groups is 1. The third-order valence-corrected chi connectivity index (χ3v) is 6.40. The number of amidine groups is 1. The van der Waals surface area contributed by atoms with Crippen LogP contribution in [0.3, 0.4) is 0 Å². The highest BCUT2D eigenvalue weighted by Crippen LogP contribution is 2.16. The molecule has 7 nitrogen and oxygen atoms in total. The third kappa shape index (κ3) is 6.04. The van der Waals surface area contributed by atoms with Crippen molar-refractivity contribution in [1.29, 1.82) is 0 Å². The lowest BCUT2D eigenvalue weighted by molar-refractivity contribution is -0.892. The Morgan fingerprint density at radius 3 is 2.52 bits per heavy atom. The van der Waals surface area contributed by atoms with Crippen LogP contribution >= 0.6 is 0 Å². The minimum Gasteiger partial charge on any atom is -0.327 e. The SMILES string of the molecule is O=C(C[NH+]1CCCCCCC1)Nc1cccc(S(=O)(=O)NC2=NCCC2)c1. The van der Waals surface area contributed by atoms with Crippen LogP contribution in [0.5, 0.6) is 0 Å². The predicted octanol–water partition coefficient (Wildman–Crippen LogP) is 0.945. The zero-order chi connectivity index (χ0) is 19.1. The summed E-state index contributed by atoms with van der Waals surface area (Å²) in [5.74, 6) is 0.429. The Hall–Kier alpha value is -1.93. The van der Waals surface area contributed by atoms with Crippen molar-refractivity contribution in [3.05, 3.63) is 24.3 Å². The van der Waals surface area contributed by atoms with Crippen LogP contribution in [0.1, 0.15) is 44.9 Å². The van der Waals surface area contributed by atoms with Gasteiger partial charge in [-0.1, -0.05) is 12.5 Å². The van der Waals surface area contributed by atoms with E-state index < -0.39 is 10.0 Å². The molecule has 0 bridgehead atoms. The summed E-state index contributed by atoms with van der Waals surface area (Å²) >= 11 is 0. The molecule has 0 unspecified atom stereocenters. The maximum Gasteiger partial charge on any atom is 0.279 e. The molecule has 1 fully saturated rings. The fourth-order valence-electron chi connectivity index (χ4n) is 3.59. The maximum atomic E-state index is 12.5. The normalized spacial score (nSPS) is 19.0. The van der Waals surface area contributed by atoms with Gasteiger partial charge in [-0.2, -0.15) is 0 Å². The van der Waals surface area contributed by atoms with Gasteiger partial charge in [0, 0.05) is 18.7 Å². The van der Waals surface area contributed by atoms with Gasteiger partial charge in [0.25, 0.3) is 15.9 Å². The molecule has 148 valence electrons. The molecule has 2 aliphatic rings. The zero-order valence-corrected chi connectivity index (χ0v) is 16.5. The first-order valence-electron chi connectivity index (χ1n) is 9.82. The van der Waals surface area contributed by atoms with Crippen LogP contribution in [0.4, 0.5) is 5.69 Å². The third-order valence-electron chi connectivity index (χ3n) is 5.03. The van der Waals surface area contributed by atoms with Gasteiger partial charge in [-0.05, 0) is 50.3 Å². The molecule has 1 amide bonds. The molecule has 1 saturated heterocycles. The van der Waals surface area contributed by atoms with E-state index in [0.717, 1.165) is 32.4 Å². The molecule has 0 radical (unpaired) electrons. The standard InChI is InChI=1S/C19H28N4O3S/c24-19(15-23-12-4-2-1-3-5-13-23)21-16-8-6-9-17(14-16)27(25,26)22-18-10-7-11-20-18/h6,8-9,14H,1-5,7,10-13,15H2,(H,20,22)(H,21,24)/p+1. The highest BCUT2D eigenvalue weighted by atomic mass is 32.2. The van der Waals surface area contributed by atoms with E-state index in [0.29, 0.717) is 31.0 Å². The van der Waals surface area contributed by atoms with Crippen molar-refractivity contribution in [2.75, 3.05) is 31.5 Å².